The van der Waals surface area contributed by atoms with Crippen molar-refractivity contribution in [2.75, 3.05) is 0 Å². The Balaban J connectivity index is 2.41. The van der Waals surface area contributed by atoms with E-state index in [0.717, 1.165) is 32.1 Å². The zero-order valence-corrected chi connectivity index (χ0v) is 16.3. The standard InChI is InChI=1S/C18H31N3O5/c1-11(19-16(24)18(3,4)5)15(23)26-12(2)14(22)21-17(25)20-13-9-7-6-8-10-13/h11-13H,6-10H2,1-5H3,(H,19,24)(H2,20,21,22,25)/t11-,12+/m1/s1. The Morgan fingerprint density at radius 1 is 1.00 bits per heavy atom. The van der Waals surface area contributed by atoms with Crippen molar-refractivity contribution < 1.29 is 23.9 Å². The number of ether oxygens (including phenoxy) is 1. The fraction of sp³-hybridized carbons (Fsp3) is 0.778. The van der Waals surface area contributed by atoms with Gasteiger partial charge < -0.3 is 15.4 Å². The van der Waals surface area contributed by atoms with Gasteiger partial charge in [0.25, 0.3) is 5.91 Å². The first-order chi connectivity index (χ1) is 12.0. The predicted molar refractivity (Wildman–Crippen MR) is 96.2 cm³/mol. The van der Waals surface area contributed by atoms with Gasteiger partial charge in [0.1, 0.15) is 6.04 Å². The summed E-state index contributed by atoms with van der Waals surface area (Å²) in [6.07, 6.45) is 3.94. The molecule has 148 valence electrons. The summed E-state index contributed by atoms with van der Waals surface area (Å²) >= 11 is 0. The van der Waals surface area contributed by atoms with E-state index in [0.29, 0.717) is 0 Å². The highest BCUT2D eigenvalue weighted by atomic mass is 16.5. The number of imide groups is 1. The SMILES string of the molecule is C[C@H](OC(=O)[C@@H](C)NC(=O)C(C)(C)C)C(=O)NC(=O)NC1CCCCC1. The lowest BCUT2D eigenvalue weighted by Gasteiger charge is -2.23. The Labute approximate surface area is 154 Å². The monoisotopic (exact) mass is 369 g/mol. The molecule has 0 aliphatic heterocycles. The molecule has 26 heavy (non-hydrogen) atoms. The van der Waals surface area contributed by atoms with Gasteiger partial charge in [-0.25, -0.2) is 9.59 Å². The predicted octanol–water partition coefficient (Wildman–Crippen LogP) is 1.63. The Hall–Kier alpha value is -2.12. The number of urea groups is 1. The summed E-state index contributed by atoms with van der Waals surface area (Å²) in [7, 11) is 0. The topological polar surface area (TPSA) is 114 Å². The van der Waals surface area contributed by atoms with Crippen LogP contribution in [0.2, 0.25) is 0 Å². The fourth-order valence-corrected chi connectivity index (χ4v) is 2.48. The number of esters is 1. The first-order valence-electron chi connectivity index (χ1n) is 9.13. The van der Waals surface area contributed by atoms with E-state index in [1.165, 1.54) is 13.8 Å². The molecule has 1 rings (SSSR count). The molecule has 0 radical (unpaired) electrons. The molecule has 2 atom stereocenters. The number of carbonyl (C=O) groups excluding carboxylic acids is 4. The minimum Gasteiger partial charge on any atom is -0.451 e. The van der Waals surface area contributed by atoms with Crippen molar-refractivity contribution in [3.05, 3.63) is 0 Å². The van der Waals surface area contributed by atoms with E-state index in [4.69, 9.17) is 4.74 Å². The van der Waals surface area contributed by atoms with Crippen molar-refractivity contribution in [1.29, 1.82) is 0 Å². The smallest absolute Gasteiger partial charge is 0.329 e. The van der Waals surface area contributed by atoms with Crippen LogP contribution in [0.1, 0.15) is 66.7 Å². The highest BCUT2D eigenvalue weighted by molar-refractivity contribution is 5.97. The number of hydrogen-bond donors (Lipinski definition) is 3. The highest BCUT2D eigenvalue weighted by Crippen LogP contribution is 2.17. The van der Waals surface area contributed by atoms with E-state index >= 15 is 0 Å². The number of amides is 4. The zero-order chi connectivity index (χ0) is 19.9. The van der Waals surface area contributed by atoms with Gasteiger partial charge >= 0.3 is 12.0 Å². The van der Waals surface area contributed by atoms with Gasteiger partial charge in [-0.2, -0.15) is 0 Å². The van der Waals surface area contributed by atoms with Crippen LogP contribution >= 0.6 is 0 Å². The van der Waals surface area contributed by atoms with Crippen LogP contribution in [0.3, 0.4) is 0 Å². The molecule has 8 heteroatoms. The van der Waals surface area contributed by atoms with Crippen LogP contribution in [0.15, 0.2) is 0 Å². The average Bonchev–Trinajstić information content (AvgIpc) is 2.54. The summed E-state index contributed by atoms with van der Waals surface area (Å²) in [5.74, 6) is -1.75. The minimum atomic E-state index is -1.14. The van der Waals surface area contributed by atoms with Gasteiger partial charge in [0.15, 0.2) is 6.10 Å². The normalized spacial score (nSPS) is 17.6. The van der Waals surface area contributed by atoms with E-state index < -0.39 is 35.5 Å². The second-order valence-electron chi connectivity index (χ2n) is 7.82. The molecule has 0 aromatic carbocycles. The van der Waals surface area contributed by atoms with E-state index in [-0.39, 0.29) is 11.9 Å². The van der Waals surface area contributed by atoms with Gasteiger partial charge in [0.05, 0.1) is 0 Å². The molecule has 0 unspecified atom stereocenters. The van der Waals surface area contributed by atoms with Gasteiger partial charge in [-0.05, 0) is 26.7 Å². The largest absolute Gasteiger partial charge is 0.451 e. The van der Waals surface area contributed by atoms with Crippen LogP contribution in [0, 0.1) is 5.41 Å². The summed E-state index contributed by atoms with van der Waals surface area (Å²) in [6.45, 7) is 8.02. The van der Waals surface area contributed by atoms with Crippen LogP contribution < -0.4 is 16.0 Å². The third kappa shape index (κ3) is 7.41. The van der Waals surface area contributed by atoms with Gasteiger partial charge in [-0.3, -0.25) is 14.9 Å². The van der Waals surface area contributed by atoms with Crippen LogP contribution in [-0.2, 0) is 19.1 Å². The molecular weight excluding hydrogens is 338 g/mol. The van der Waals surface area contributed by atoms with E-state index in [1.807, 2.05) is 0 Å². The first-order valence-corrected chi connectivity index (χ1v) is 9.13. The second-order valence-corrected chi connectivity index (χ2v) is 7.82. The fourth-order valence-electron chi connectivity index (χ4n) is 2.48. The molecule has 0 bridgehead atoms. The van der Waals surface area contributed by atoms with Crippen LogP contribution in [0.4, 0.5) is 4.79 Å². The maximum atomic E-state index is 12.0. The summed E-state index contributed by atoms with van der Waals surface area (Å²) in [6, 6.07) is -1.41. The van der Waals surface area contributed by atoms with Crippen molar-refractivity contribution >= 4 is 23.8 Å². The Morgan fingerprint density at radius 2 is 1.58 bits per heavy atom. The molecular formula is C18H31N3O5. The van der Waals surface area contributed by atoms with Gasteiger partial charge in [-0.1, -0.05) is 40.0 Å². The summed E-state index contributed by atoms with van der Waals surface area (Å²) in [5, 5.41) is 7.47. The van der Waals surface area contributed by atoms with Crippen molar-refractivity contribution in [3.63, 3.8) is 0 Å². The number of nitrogens with one attached hydrogen (secondary N) is 3. The van der Waals surface area contributed by atoms with Crippen LogP contribution in [0.25, 0.3) is 0 Å². The Kier molecular flexibility index (Phi) is 8.05. The lowest BCUT2D eigenvalue weighted by Crippen LogP contribution is -2.50. The lowest BCUT2D eigenvalue weighted by atomic mass is 9.95. The number of carbonyl (C=O) groups is 4. The minimum absolute atomic E-state index is 0.0713. The molecule has 0 heterocycles. The van der Waals surface area contributed by atoms with Crippen LogP contribution in [-0.4, -0.2) is 42.0 Å². The Morgan fingerprint density at radius 3 is 2.12 bits per heavy atom. The summed E-state index contributed by atoms with van der Waals surface area (Å²) in [4.78, 5) is 47.7. The molecule has 1 aliphatic rings. The maximum absolute atomic E-state index is 12.0. The summed E-state index contributed by atoms with van der Waals surface area (Å²) in [5.41, 5.74) is -0.644. The maximum Gasteiger partial charge on any atom is 0.329 e. The third-order valence-corrected chi connectivity index (χ3v) is 4.22. The van der Waals surface area contributed by atoms with E-state index in [2.05, 4.69) is 16.0 Å². The molecule has 0 spiro atoms. The summed E-state index contributed by atoms with van der Waals surface area (Å²) < 4.78 is 5.03. The molecule has 1 saturated carbocycles. The number of hydrogen-bond acceptors (Lipinski definition) is 5. The van der Waals surface area contributed by atoms with Crippen molar-refractivity contribution in [1.82, 2.24) is 16.0 Å². The molecule has 0 aromatic heterocycles. The molecule has 4 amide bonds. The van der Waals surface area contributed by atoms with Gasteiger partial charge in [0.2, 0.25) is 5.91 Å². The highest BCUT2D eigenvalue weighted by Gasteiger charge is 2.28. The molecule has 0 saturated heterocycles. The molecule has 0 aromatic rings. The van der Waals surface area contributed by atoms with Crippen molar-refractivity contribution in [3.8, 4) is 0 Å². The number of rotatable bonds is 5. The van der Waals surface area contributed by atoms with Crippen LogP contribution in [0.5, 0.6) is 0 Å². The van der Waals surface area contributed by atoms with Gasteiger partial charge in [-0.15, -0.1) is 0 Å². The second kappa shape index (κ2) is 9.54. The average molecular weight is 369 g/mol. The van der Waals surface area contributed by atoms with Gasteiger partial charge in [0, 0.05) is 11.5 Å². The quantitative estimate of drug-likeness (QED) is 0.637. The third-order valence-electron chi connectivity index (χ3n) is 4.22. The first kappa shape index (κ1) is 21.9. The van der Waals surface area contributed by atoms with E-state index in [1.54, 1.807) is 20.8 Å². The lowest BCUT2D eigenvalue weighted by molar-refractivity contribution is -0.157. The van der Waals surface area contributed by atoms with Crippen molar-refractivity contribution in [2.45, 2.75) is 84.9 Å². The zero-order valence-electron chi connectivity index (χ0n) is 16.3. The molecule has 8 nitrogen and oxygen atoms in total. The van der Waals surface area contributed by atoms with Crippen molar-refractivity contribution in [2.24, 2.45) is 5.41 Å². The molecule has 1 aliphatic carbocycles. The Bertz CT molecular complexity index is 535. The van der Waals surface area contributed by atoms with E-state index in [9.17, 15) is 19.2 Å². The molecule has 3 N–H and O–H groups in total. The molecule has 1 fully saturated rings.